The molecule has 2 rings (SSSR count). The number of benzene rings is 1. The van der Waals surface area contributed by atoms with Crippen LogP contribution >= 0.6 is 0 Å². The Hall–Kier alpha value is -2.63. The molecule has 0 saturated heterocycles. The number of rotatable bonds is 6. The first-order valence-corrected chi connectivity index (χ1v) is 6.54. The molecule has 0 heterocycles. The Kier molecular flexibility index (Phi) is 4.37. The fourth-order valence-corrected chi connectivity index (χ4v) is 2.33. The van der Waals surface area contributed by atoms with Gasteiger partial charge < -0.3 is 10.0 Å². The molecule has 6 nitrogen and oxygen atoms in total. The van der Waals surface area contributed by atoms with E-state index in [0.29, 0.717) is 5.69 Å². The third-order valence-corrected chi connectivity index (χ3v) is 3.40. The van der Waals surface area contributed by atoms with Gasteiger partial charge in [0.25, 0.3) is 5.54 Å². The van der Waals surface area contributed by atoms with Crippen LogP contribution in [0.1, 0.15) is 6.42 Å². The molecule has 0 aliphatic heterocycles. The predicted octanol–water partition coefficient (Wildman–Crippen LogP) is 2.11. The standard InChI is InChI=1S/C15H16N2O4/c18-14(19)11-16(13-7-3-1-4-8-13)12-15(17(20)21)9-5-2-6-10-15/h1-9H,10-12H2,(H,18,19). The Labute approximate surface area is 122 Å². The lowest BCUT2D eigenvalue weighted by atomic mass is 9.91. The Morgan fingerprint density at radius 3 is 2.57 bits per heavy atom. The van der Waals surface area contributed by atoms with Gasteiger partial charge in [0.2, 0.25) is 0 Å². The van der Waals surface area contributed by atoms with Crippen molar-refractivity contribution in [2.45, 2.75) is 12.0 Å². The highest BCUT2D eigenvalue weighted by Gasteiger charge is 2.42. The molecule has 0 spiro atoms. The molecule has 21 heavy (non-hydrogen) atoms. The zero-order chi connectivity index (χ0) is 15.3. The first-order valence-electron chi connectivity index (χ1n) is 6.54. The van der Waals surface area contributed by atoms with Crippen molar-refractivity contribution >= 4 is 11.7 Å². The Balaban J connectivity index is 2.29. The van der Waals surface area contributed by atoms with Crippen molar-refractivity contribution in [2.24, 2.45) is 0 Å². The quantitative estimate of drug-likeness (QED) is 0.640. The Bertz CT molecular complexity index is 583. The average molecular weight is 288 g/mol. The normalized spacial score (nSPS) is 20.2. The fourth-order valence-electron chi connectivity index (χ4n) is 2.33. The lowest BCUT2D eigenvalue weighted by Crippen LogP contribution is -2.49. The van der Waals surface area contributed by atoms with Crippen molar-refractivity contribution in [2.75, 3.05) is 18.0 Å². The Morgan fingerprint density at radius 1 is 1.33 bits per heavy atom. The minimum Gasteiger partial charge on any atom is -0.480 e. The highest BCUT2D eigenvalue weighted by Crippen LogP contribution is 2.25. The predicted molar refractivity (Wildman–Crippen MR) is 78.9 cm³/mol. The molecule has 1 atom stereocenters. The van der Waals surface area contributed by atoms with E-state index in [1.165, 1.54) is 11.0 Å². The van der Waals surface area contributed by atoms with Gasteiger partial charge in [0.05, 0.1) is 6.54 Å². The second-order valence-electron chi connectivity index (χ2n) is 4.94. The molecule has 1 aliphatic rings. The molecule has 0 amide bonds. The van der Waals surface area contributed by atoms with Crippen molar-refractivity contribution in [3.8, 4) is 0 Å². The van der Waals surface area contributed by atoms with Crippen LogP contribution < -0.4 is 4.90 Å². The fraction of sp³-hybridized carbons (Fsp3) is 0.267. The first kappa shape index (κ1) is 14.8. The molecule has 1 aliphatic carbocycles. The van der Waals surface area contributed by atoms with Gasteiger partial charge in [-0.15, -0.1) is 0 Å². The van der Waals surface area contributed by atoms with E-state index in [-0.39, 0.29) is 24.4 Å². The van der Waals surface area contributed by atoms with Gasteiger partial charge in [-0.1, -0.05) is 36.4 Å². The van der Waals surface area contributed by atoms with Gasteiger partial charge in [-0.25, -0.2) is 0 Å². The van der Waals surface area contributed by atoms with Gasteiger partial charge in [-0.2, -0.15) is 0 Å². The number of para-hydroxylation sites is 1. The highest BCUT2D eigenvalue weighted by molar-refractivity contribution is 5.73. The molecule has 1 unspecified atom stereocenters. The van der Waals surface area contributed by atoms with E-state index >= 15 is 0 Å². The zero-order valence-corrected chi connectivity index (χ0v) is 11.4. The van der Waals surface area contributed by atoms with Crippen molar-refractivity contribution in [3.05, 3.63) is 64.8 Å². The van der Waals surface area contributed by atoms with E-state index in [0.717, 1.165) is 0 Å². The molecule has 1 aromatic rings. The first-order chi connectivity index (χ1) is 10.0. The van der Waals surface area contributed by atoms with E-state index in [2.05, 4.69) is 0 Å². The second kappa shape index (κ2) is 6.21. The zero-order valence-electron chi connectivity index (χ0n) is 11.4. The number of carbonyl (C=O) groups is 1. The maximum Gasteiger partial charge on any atom is 0.323 e. The third kappa shape index (κ3) is 3.47. The lowest BCUT2D eigenvalue weighted by Gasteiger charge is -2.30. The number of aliphatic carboxylic acids is 1. The molecule has 110 valence electrons. The van der Waals surface area contributed by atoms with Crippen molar-refractivity contribution in [1.82, 2.24) is 0 Å². The average Bonchev–Trinajstić information content (AvgIpc) is 2.48. The summed E-state index contributed by atoms with van der Waals surface area (Å²) in [6.07, 6.45) is 6.90. The van der Waals surface area contributed by atoms with Crippen LogP contribution in [-0.4, -0.2) is 34.6 Å². The number of nitro groups is 1. The van der Waals surface area contributed by atoms with E-state index < -0.39 is 11.5 Å². The molecule has 1 aromatic carbocycles. The van der Waals surface area contributed by atoms with Crippen LogP contribution in [0.25, 0.3) is 0 Å². The van der Waals surface area contributed by atoms with Crippen molar-refractivity contribution in [1.29, 1.82) is 0 Å². The molecule has 1 N–H and O–H groups in total. The van der Waals surface area contributed by atoms with Crippen LogP contribution in [0.15, 0.2) is 54.6 Å². The summed E-state index contributed by atoms with van der Waals surface area (Å²) in [5.41, 5.74) is -0.635. The van der Waals surface area contributed by atoms with Crippen LogP contribution in [-0.2, 0) is 4.79 Å². The summed E-state index contributed by atoms with van der Waals surface area (Å²) in [5, 5.41) is 20.5. The topological polar surface area (TPSA) is 83.7 Å². The second-order valence-corrected chi connectivity index (χ2v) is 4.94. The highest BCUT2D eigenvalue weighted by atomic mass is 16.6. The maximum atomic E-state index is 11.5. The molecule has 0 aromatic heterocycles. The van der Waals surface area contributed by atoms with Gasteiger partial charge in [-0.05, 0) is 18.2 Å². The number of allylic oxidation sites excluding steroid dienone is 2. The molecular weight excluding hydrogens is 272 g/mol. The Morgan fingerprint density at radius 2 is 2.05 bits per heavy atom. The minimum atomic E-state index is -1.29. The summed E-state index contributed by atoms with van der Waals surface area (Å²) < 4.78 is 0. The number of carboxylic acids is 1. The van der Waals surface area contributed by atoms with Gasteiger partial charge in [0.15, 0.2) is 0 Å². The van der Waals surface area contributed by atoms with Crippen LogP contribution in [0.5, 0.6) is 0 Å². The molecule has 6 heteroatoms. The lowest BCUT2D eigenvalue weighted by molar-refractivity contribution is -0.551. The molecule has 0 bridgehead atoms. The molecular formula is C15H16N2O4. The summed E-state index contributed by atoms with van der Waals surface area (Å²) in [4.78, 5) is 23.7. The van der Waals surface area contributed by atoms with E-state index in [1.54, 1.807) is 42.5 Å². The molecule has 0 saturated carbocycles. The minimum absolute atomic E-state index is 0.0111. The van der Waals surface area contributed by atoms with E-state index in [9.17, 15) is 14.9 Å². The summed E-state index contributed by atoms with van der Waals surface area (Å²) in [5.74, 6) is -1.02. The van der Waals surface area contributed by atoms with Gasteiger partial charge in [-0.3, -0.25) is 14.9 Å². The van der Waals surface area contributed by atoms with Gasteiger partial charge >= 0.3 is 5.97 Å². The van der Waals surface area contributed by atoms with Gasteiger partial charge in [0, 0.05) is 17.0 Å². The summed E-state index contributed by atoms with van der Waals surface area (Å²) in [6.45, 7) is -0.270. The summed E-state index contributed by atoms with van der Waals surface area (Å²) in [6, 6.07) is 8.87. The van der Waals surface area contributed by atoms with Crippen LogP contribution in [0.4, 0.5) is 5.69 Å². The third-order valence-electron chi connectivity index (χ3n) is 3.40. The van der Waals surface area contributed by atoms with E-state index in [4.69, 9.17) is 5.11 Å². The number of nitrogens with zero attached hydrogens (tertiary/aromatic N) is 2. The number of hydrogen-bond donors (Lipinski definition) is 1. The van der Waals surface area contributed by atoms with Gasteiger partial charge in [0.1, 0.15) is 6.54 Å². The smallest absolute Gasteiger partial charge is 0.323 e. The monoisotopic (exact) mass is 288 g/mol. The maximum absolute atomic E-state index is 11.5. The molecule has 0 fully saturated rings. The van der Waals surface area contributed by atoms with E-state index in [1.807, 2.05) is 6.07 Å². The van der Waals surface area contributed by atoms with Crippen molar-refractivity contribution < 1.29 is 14.8 Å². The number of hydrogen-bond acceptors (Lipinski definition) is 4. The molecule has 0 radical (unpaired) electrons. The summed E-state index contributed by atoms with van der Waals surface area (Å²) in [7, 11) is 0. The summed E-state index contributed by atoms with van der Waals surface area (Å²) >= 11 is 0. The van der Waals surface area contributed by atoms with Crippen LogP contribution in [0.2, 0.25) is 0 Å². The largest absolute Gasteiger partial charge is 0.480 e. The van der Waals surface area contributed by atoms with Crippen LogP contribution in [0, 0.1) is 10.1 Å². The number of carboxylic acid groups (broad SMARTS) is 1. The number of anilines is 1. The van der Waals surface area contributed by atoms with Crippen LogP contribution in [0.3, 0.4) is 0 Å². The van der Waals surface area contributed by atoms with Crippen molar-refractivity contribution in [3.63, 3.8) is 0 Å². The SMILES string of the molecule is O=C(O)CN(CC1([N+](=O)[O-])C=CC=CC1)c1ccccc1.